The summed E-state index contributed by atoms with van der Waals surface area (Å²) in [5.41, 5.74) is 0.826. The Morgan fingerprint density at radius 2 is 2.20 bits per heavy atom. The molecule has 2 rings (SSSR count). The number of benzene rings is 1. The molecule has 1 aliphatic rings. The number of anilines is 1. The highest BCUT2D eigenvalue weighted by Crippen LogP contribution is 2.24. The highest BCUT2D eigenvalue weighted by molar-refractivity contribution is 6.08. The topological polar surface area (TPSA) is 40.5 Å². The van der Waals surface area contributed by atoms with Gasteiger partial charge in [0, 0.05) is 11.3 Å². The molecule has 1 aliphatic heterocycles. The Morgan fingerprint density at radius 3 is 2.73 bits per heavy atom. The van der Waals surface area contributed by atoms with E-state index in [1.165, 1.54) is 24.3 Å². The van der Waals surface area contributed by atoms with Crippen molar-refractivity contribution in [2.45, 2.75) is 13.2 Å². The molecule has 0 saturated heterocycles. The summed E-state index contributed by atoms with van der Waals surface area (Å²) in [5.74, 6) is -0.731. The molecule has 0 aromatic heterocycles. The second-order valence-electron chi connectivity index (χ2n) is 3.42. The van der Waals surface area contributed by atoms with Crippen LogP contribution < -0.4 is 4.90 Å². The fourth-order valence-corrected chi connectivity index (χ4v) is 1.58. The van der Waals surface area contributed by atoms with E-state index in [1.807, 2.05) is 0 Å². The summed E-state index contributed by atoms with van der Waals surface area (Å²) < 4.78 is 12.9. The zero-order chi connectivity index (χ0) is 11.0. The average Bonchev–Trinajstić information content (AvgIpc) is 2.41. The van der Waals surface area contributed by atoms with Gasteiger partial charge in [0.25, 0.3) is 5.91 Å². The summed E-state index contributed by atoms with van der Waals surface area (Å²) >= 11 is 0. The lowest BCUT2D eigenvalue weighted by molar-refractivity contribution is -0.115. The number of aliphatic hydroxyl groups is 1. The van der Waals surface area contributed by atoms with Crippen molar-refractivity contribution >= 4 is 11.6 Å². The van der Waals surface area contributed by atoms with Crippen LogP contribution in [-0.4, -0.2) is 17.2 Å². The molecule has 0 bridgehead atoms. The second kappa shape index (κ2) is 3.47. The van der Waals surface area contributed by atoms with Crippen LogP contribution in [0.1, 0.15) is 6.92 Å². The maximum Gasteiger partial charge on any atom is 0.256 e. The third-order valence-electron chi connectivity index (χ3n) is 2.31. The van der Waals surface area contributed by atoms with Crippen molar-refractivity contribution in [1.82, 2.24) is 0 Å². The maximum absolute atomic E-state index is 12.9. The quantitative estimate of drug-likeness (QED) is 0.756. The van der Waals surface area contributed by atoms with E-state index in [0.29, 0.717) is 11.3 Å². The van der Waals surface area contributed by atoms with E-state index in [0.717, 1.165) is 4.90 Å². The molecule has 1 unspecified atom stereocenters. The van der Waals surface area contributed by atoms with Crippen molar-refractivity contribution in [2.24, 2.45) is 0 Å². The standard InChI is InChI=1S/C11H10FNO2/c1-7-5-10(14)13(11(7)15)9-4-2-3-8(12)6-9/h2-6,10,14H,1H3. The van der Waals surface area contributed by atoms with Crippen LogP contribution >= 0.6 is 0 Å². The normalized spacial score (nSPS) is 20.7. The van der Waals surface area contributed by atoms with Crippen LogP contribution in [0.15, 0.2) is 35.9 Å². The predicted octanol–water partition coefficient (Wildman–Crippen LogP) is 1.44. The second-order valence-corrected chi connectivity index (χ2v) is 3.42. The minimum absolute atomic E-state index is 0.298. The van der Waals surface area contributed by atoms with E-state index in [1.54, 1.807) is 13.0 Å². The number of carbonyl (C=O) groups is 1. The molecule has 0 fully saturated rings. The molecular weight excluding hydrogens is 197 g/mol. The summed E-state index contributed by atoms with van der Waals surface area (Å²) in [6.45, 7) is 1.62. The summed E-state index contributed by atoms with van der Waals surface area (Å²) in [6, 6.07) is 5.58. The third-order valence-corrected chi connectivity index (χ3v) is 2.31. The largest absolute Gasteiger partial charge is 0.369 e. The van der Waals surface area contributed by atoms with Gasteiger partial charge in [0.05, 0.1) is 0 Å². The van der Waals surface area contributed by atoms with Gasteiger partial charge in [0.15, 0.2) is 6.23 Å². The molecule has 15 heavy (non-hydrogen) atoms. The SMILES string of the molecule is CC1=CC(O)N(c2cccc(F)c2)C1=O. The summed E-state index contributed by atoms with van der Waals surface area (Å²) in [6.07, 6.45) is 0.437. The molecule has 1 heterocycles. The fraction of sp³-hybridized carbons (Fsp3) is 0.182. The highest BCUT2D eigenvalue weighted by Gasteiger charge is 2.29. The smallest absolute Gasteiger partial charge is 0.256 e. The number of hydrogen-bond acceptors (Lipinski definition) is 2. The van der Waals surface area contributed by atoms with Crippen molar-refractivity contribution in [2.75, 3.05) is 4.90 Å². The van der Waals surface area contributed by atoms with E-state index < -0.39 is 12.0 Å². The van der Waals surface area contributed by atoms with Gasteiger partial charge in [-0.1, -0.05) is 6.07 Å². The number of rotatable bonds is 1. The number of hydrogen-bond donors (Lipinski definition) is 1. The number of carbonyl (C=O) groups excluding carboxylic acids is 1. The van der Waals surface area contributed by atoms with Crippen LogP contribution in [0.4, 0.5) is 10.1 Å². The first-order chi connectivity index (χ1) is 7.09. The van der Waals surface area contributed by atoms with Crippen LogP contribution in [0.3, 0.4) is 0 Å². The Bertz CT molecular complexity index is 442. The van der Waals surface area contributed by atoms with Gasteiger partial charge in [-0.25, -0.2) is 4.39 Å². The van der Waals surface area contributed by atoms with E-state index in [2.05, 4.69) is 0 Å². The van der Waals surface area contributed by atoms with E-state index >= 15 is 0 Å². The Balaban J connectivity index is 2.37. The van der Waals surface area contributed by atoms with Gasteiger partial charge in [0.2, 0.25) is 0 Å². The number of nitrogens with zero attached hydrogens (tertiary/aromatic N) is 1. The summed E-state index contributed by atoms with van der Waals surface area (Å²) in [7, 11) is 0. The van der Waals surface area contributed by atoms with Crippen LogP contribution in [0.25, 0.3) is 0 Å². The van der Waals surface area contributed by atoms with Crippen LogP contribution in [0.5, 0.6) is 0 Å². The maximum atomic E-state index is 12.9. The molecule has 4 heteroatoms. The molecular formula is C11H10FNO2. The monoisotopic (exact) mass is 207 g/mol. The minimum Gasteiger partial charge on any atom is -0.369 e. The number of halogens is 1. The van der Waals surface area contributed by atoms with Crippen molar-refractivity contribution in [3.8, 4) is 0 Å². The molecule has 0 spiro atoms. The van der Waals surface area contributed by atoms with Gasteiger partial charge in [0.1, 0.15) is 5.82 Å². The van der Waals surface area contributed by atoms with E-state index in [4.69, 9.17) is 0 Å². The summed E-state index contributed by atoms with van der Waals surface area (Å²) in [4.78, 5) is 12.8. The first-order valence-corrected chi connectivity index (χ1v) is 4.55. The van der Waals surface area contributed by atoms with Gasteiger partial charge in [-0.15, -0.1) is 0 Å². The summed E-state index contributed by atoms with van der Waals surface area (Å²) in [5, 5.41) is 9.58. The zero-order valence-corrected chi connectivity index (χ0v) is 8.14. The predicted molar refractivity (Wildman–Crippen MR) is 53.6 cm³/mol. The van der Waals surface area contributed by atoms with Crippen molar-refractivity contribution in [3.05, 3.63) is 41.7 Å². The Labute approximate surface area is 86.4 Å². The lowest BCUT2D eigenvalue weighted by Crippen LogP contribution is -2.34. The van der Waals surface area contributed by atoms with Crippen LogP contribution in [-0.2, 0) is 4.79 Å². The molecule has 0 saturated carbocycles. The lowest BCUT2D eigenvalue weighted by Gasteiger charge is -2.20. The molecule has 1 atom stereocenters. The average molecular weight is 207 g/mol. The minimum atomic E-state index is -1.00. The molecule has 1 N–H and O–H groups in total. The van der Waals surface area contributed by atoms with Gasteiger partial charge in [-0.3, -0.25) is 9.69 Å². The molecule has 78 valence electrons. The number of amides is 1. The van der Waals surface area contributed by atoms with Crippen LogP contribution in [0, 0.1) is 5.82 Å². The van der Waals surface area contributed by atoms with Gasteiger partial charge >= 0.3 is 0 Å². The van der Waals surface area contributed by atoms with Crippen LogP contribution in [0.2, 0.25) is 0 Å². The molecule has 1 aromatic carbocycles. The van der Waals surface area contributed by atoms with Gasteiger partial charge < -0.3 is 5.11 Å². The van der Waals surface area contributed by atoms with E-state index in [9.17, 15) is 14.3 Å². The lowest BCUT2D eigenvalue weighted by atomic mass is 10.2. The Hall–Kier alpha value is -1.68. The third kappa shape index (κ3) is 1.64. The van der Waals surface area contributed by atoms with Crippen molar-refractivity contribution < 1.29 is 14.3 Å². The van der Waals surface area contributed by atoms with Crippen molar-refractivity contribution in [3.63, 3.8) is 0 Å². The number of aliphatic hydroxyl groups excluding tert-OH is 1. The van der Waals surface area contributed by atoms with E-state index in [-0.39, 0.29) is 5.91 Å². The molecule has 3 nitrogen and oxygen atoms in total. The first kappa shape index (κ1) is 9.86. The van der Waals surface area contributed by atoms with Gasteiger partial charge in [-0.2, -0.15) is 0 Å². The Kier molecular flexibility index (Phi) is 2.28. The Morgan fingerprint density at radius 1 is 1.47 bits per heavy atom. The van der Waals surface area contributed by atoms with Gasteiger partial charge in [-0.05, 0) is 31.2 Å². The first-order valence-electron chi connectivity index (χ1n) is 4.55. The zero-order valence-electron chi connectivity index (χ0n) is 8.14. The van der Waals surface area contributed by atoms with Crippen molar-refractivity contribution in [1.29, 1.82) is 0 Å². The fourth-order valence-electron chi connectivity index (χ4n) is 1.58. The molecule has 0 aliphatic carbocycles. The molecule has 1 aromatic rings. The molecule has 1 amide bonds. The molecule has 0 radical (unpaired) electrons. The highest BCUT2D eigenvalue weighted by atomic mass is 19.1.